The normalized spacial score (nSPS) is 14.7. The van der Waals surface area contributed by atoms with Crippen molar-refractivity contribution < 1.29 is 14.5 Å². The maximum absolute atomic E-state index is 13.0. The minimum absolute atomic E-state index is 0.0171. The summed E-state index contributed by atoms with van der Waals surface area (Å²) in [5.41, 5.74) is 5.74. The zero-order valence-corrected chi connectivity index (χ0v) is 17.4. The Morgan fingerprint density at radius 2 is 1.70 bits per heavy atom. The van der Waals surface area contributed by atoms with Crippen molar-refractivity contribution in [3.63, 3.8) is 0 Å². The molecule has 0 unspecified atom stereocenters. The zero-order valence-electron chi connectivity index (χ0n) is 17.4. The van der Waals surface area contributed by atoms with Crippen molar-refractivity contribution in [2.24, 2.45) is 0 Å². The van der Waals surface area contributed by atoms with Crippen molar-refractivity contribution >= 4 is 17.5 Å². The SMILES string of the molecule is CCn1c(=O)c(C(=O)C[NH+]2CCN(C(C)=O)CC2)c(N)n(Cc2ccccc2)c1=O. The average molecular weight is 414 g/mol. The molecule has 9 heteroatoms. The smallest absolute Gasteiger partial charge is 0.332 e. The molecule has 0 bridgehead atoms. The van der Waals surface area contributed by atoms with Crippen molar-refractivity contribution in [3.8, 4) is 0 Å². The second-order valence-electron chi connectivity index (χ2n) is 7.52. The predicted molar refractivity (Wildman–Crippen MR) is 113 cm³/mol. The molecule has 160 valence electrons. The third kappa shape index (κ3) is 4.35. The van der Waals surface area contributed by atoms with Crippen LogP contribution in [0, 0.1) is 0 Å². The number of benzene rings is 1. The van der Waals surface area contributed by atoms with Gasteiger partial charge in [-0.1, -0.05) is 30.3 Å². The van der Waals surface area contributed by atoms with Crippen molar-refractivity contribution in [3.05, 3.63) is 62.3 Å². The lowest BCUT2D eigenvalue weighted by Gasteiger charge is -2.31. The number of hydrogen-bond acceptors (Lipinski definition) is 5. The van der Waals surface area contributed by atoms with E-state index in [0.717, 1.165) is 15.0 Å². The molecule has 1 amide bonds. The lowest BCUT2D eigenvalue weighted by atomic mass is 10.1. The van der Waals surface area contributed by atoms with Gasteiger partial charge in [-0.3, -0.25) is 23.5 Å². The van der Waals surface area contributed by atoms with Crippen molar-refractivity contribution in [1.29, 1.82) is 0 Å². The number of Topliss-reactive ketones (excluding diaryl/α,β-unsaturated/α-hetero) is 1. The number of nitrogens with two attached hydrogens (primary N) is 1. The van der Waals surface area contributed by atoms with Gasteiger partial charge in [-0.25, -0.2) is 4.79 Å². The molecule has 0 spiro atoms. The van der Waals surface area contributed by atoms with E-state index in [1.165, 1.54) is 11.5 Å². The first-order valence-electron chi connectivity index (χ1n) is 10.1. The van der Waals surface area contributed by atoms with E-state index >= 15 is 0 Å². The van der Waals surface area contributed by atoms with Crippen LogP contribution in [0.25, 0.3) is 0 Å². The number of carbonyl (C=O) groups excluding carboxylic acids is 2. The molecule has 2 aromatic rings. The van der Waals surface area contributed by atoms with Crippen LogP contribution in [-0.2, 0) is 17.9 Å². The van der Waals surface area contributed by atoms with Crippen LogP contribution >= 0.6 is 0 Å². The van der Waals surface area contributed by atoms with Gasteiger partial charge in [-0.05, 0) is 12.5 Å². The summed E-state index contributed by atoms with van der Waals surface area (Å²) in [6, 6.07) is 9.28. The van der Waals surface area contributed by atoms with Gasteiger partial charge in [-0.2, -0.15) is 0 Å². The molecule has 0 aliphatic carbocycles. The molecular formula is C21H28N5O4+. The molecule has 1 fully saturated rings. The number of carbonyl (C=O) groups is 2. The van der Waals surface area contributed by atoms with Gasteiger partial charge in [-0.15, -0.1) is 0 Å². The maximum Gasteiger partial charge on any atom is 0.332 e. The van der Waals surface area contributed by atoms with Crippen molar-refractivity contribution in [1.82, 2.24) is 14.0 Å². The van der Waals surface area contributed by atoms with E-state index in [-0.39, 0.29) is 42.7 Å². The molecule has 0 saturated carbocycles. The van der Waals surface area contributed by atoms with Crippen LogP contribution in [0.1, 0.15) is 29.8 Å². The number of rotatable bonds is 6. The predicted octanol–water partition coefficient (Wildman–Crippen LogP) is -1.41. The molecule has 3 N–H and O–H groups in total. The number of anilines is 1. The number of quaternary nitrogens is 1. The van der Waals surface area contributed by atoms with E-state index in [0.29, 0.717) is 26.2 Å². The lowest BCUT2D eigenvalue weighted by Crippen LogP contribution is -3.15. The van der Waals surface area contributed by atoms with Crippen molar-refractivity contribution in [2.45, 2.75) is 26.9 Å². The lowest BCUT2D eigenvalue weighted by molar-refractivity contribution is -0.895. The molecular weight excluding hydrogens is 386 g/mol. The minimum Gasteiger partial charge on any atom is -0.384 e. The Balaban J connectivity index is 1.91. The molecule has 0 radical (unpaired) electrons. The second kappa shape index (κ2) is 9.08. The largest absolute Gasteiger partial charge is 0.384 e. The van der Waals surface area contributed by atoms with Crippen LogP contribution in [0.2, 0.25) is 0 Å². The van der Waals surface area contributed by atoms with Gasteiger partial charge in [0.05, 0.1) is 32.7 Å². The summed E-state index contributed by atoms with van der Waals surface area (Å²) in [5.74, 6) is -0.457. The monoisotopic (exact) mass is 414 g/mol. The topological polar surface area (TPSA) is 112 Å². The fourth-order valence-corrected chi connectivity index (χ4v) is 3.80. The third-order valence-corrected chi connectivity index (χ3v) is 5.57. The van der Waals surface area contributed by atoms with E-state index < -0.39 is 11.2 Å². The van der Waals surface area contributed by atoms with Gasteiger partial charge in [0, 0.05) is 13.5 Å². The Labute approximate surface area is 174 Å². The Morgan fingerprint density at radius 3 is 2.27 bits per heavy atom. The molecule has 2 heterocycles. The number of ketones is 1. The number of hydrogen-bond donors (Lipinski definition) is 2. The number of amides is 1. The quantitative estimate of drug-likeness (QED) is 0.564. The van der Waals surface area contributed by atoms with E-state index in [4.69, 9.17) is 5.73 Å². The number of aromatic nitrogens is 2. The minimum atomic E-state index is -0.643. The standard InChI is InChI=1S/C21H27N5O4/c1-3-25-20(29)18(17(28)14-23-9-11-24(12-10-23)15(2)27)19(22)26(21(25)30)13-16-7-5-4-6-8-16/h4-8H,3,9-14,22H2,1-2H3/p+1. The molecule has 1 aliphatic rings. The molecule has 1 aromatic heterocycles. The van der Waals surface area contributed by atoms with Gasteiger partial charge < -0.3 is 15.5 Å². The Hall–Kier alpha value is -3.20. The average Bonchev–Trinajstić information content (AvgIpc) is 2.72. The maximum atomic E-state index is 13.0. The van der Waals surface area contributed by atoms with Gasteiger partial charge >= 0.3 is 5.69 Å². The van der Waals surface area contributed by atoms with Crippen LogP contribution in [0.5, 0.6) is 0 Å². The Morgan fingerprint density at radius 1 is 1.07 bits per heavy atom. The second-order valence-corrected chi connectivity index (χ2v) is 7.52. The zero-order chi connectivity index (χ0) is 21.8. The van der Waals surface area contributed by atoms with Gasteiger partial charge in [0.2, 0.25) is 11.7 Å². The Bertz CT molecular complexity index is 1050. The molecule has 30 heavy (non-hydrogen) atoms. The first-order chi connectivity index (χ1) is 14.3. The van der Waals surface area contributed by atoms with Crippen molar-refractivity contribution in [2.75, 3.05) is 38.5 Å². The van der Waals surface area contributed by atoms with E-state index in [2.05, 4.69) is 0 Å². The highest BCUT2D eigenvalue weighted by molar-refractivity contribution is 6.00. The van der Waals surface area contributed by atoms with E-state index in [1.54, 1.807) is 11.8 Å². The highest BCUT2D eigenvalue weighted by Gasteiger charge is 2.28. The highest BCUT2D eigenvalue weighted by Crippen LogP contribution is 2.09. The summed E-state index contributed by atoms with van der Waals surface area (Å²) in [5, 5.41) is 0. The number of piperazine rings is 1. The molecule has 0 atom stereocenters. The van der Waals surface area contributed by atoms with E-state index in [1.807, 2.05) is 30.3 Å². The third-order valence-electron chi connectivity index (χ3n) is 5.57. The number of nitrogens with zero attached hydrogens (tertiary/aromatic N) is 3. The first-order valence-corrected chi connectivity index (χ1v) is 10.1. The molecule has 1 saturated heterocycles. The summed E-state index contributed by atoms with van der Waals surface area (Å²) in [7, 11) is 0. The fourth-order valence-electron chi connectivity index (χ4n) is 3.80. The summed E-state index contributed by atoms with van der Waals surface area (Å²) in [6.07, 6.45) is 0. The van der Waals surface area contributed by atoms with Gasteiger partial charge in [0.15, 0.2) is 0 Å². The van der Waals surface area contributed by atoms with E-state index in [9.17, 15) is 19.2 Å². The van der Waals surface area contributed by atoms with Crippen LogP contribution in [0.3, 0.4) is 0 Å². The van der Waals surface area contributed by atoms with Crippen LogP contribution in [-0.4, -0.2) is 58.4 Å². The fraction of sp³-hybridized carbons (Fsp3) is 0.429. The molecule has 1 aliphatic heterocycles. The number of nitrogen functional groups attached to an aromatic ring is 1. The molecule has 9 nitrogen and oxygen atoms in total. The van der Waals surface area contributed by atoms with Crippen LogP contribution in [0.15, 0.2) is 39.9 Å². The Kier molecular flexibility index (Phi) is 6.51. The summed E-state index contributed by atoms with van der Waals surface area (Å²) < 4.78 is 2.34. The summed E-state index contributed by atoms with van der Waals surface area (Å²) >= 11 is 0. The molecule has 1 aromatic carbocycles. The highest BCUT2D eigenvalue weighted by atomic mass is 16.2. The van der Waals surface area contributed by atoms with Crippen LogP contribution in [0.4, 0.5) is 5.82 Å². The first kappa shape index (κ1) is 21.5. The van der Waals surface area contributed by atoms with Crippen LogP contribution < -0.4 is 21.9 Å². The summed E-state index contributed by atoms with van der Waals surface area (Å²) in [6.45, 7) is 6.02. The van der Waals surface area contributed by atoms with Gasteiger partial charge in [0.1, 0.15) is 17.9 Å². The molecule has 3 rings (SSSR count). The van der Waals surface area contributed by atoms with Gasteiger partial charge in [0.25, 0.3) is 5.56 Å². The summed E-state index contributed by atoms with van der Waals surface area (Å²) in [4.78, 5) is 52.9. The number of nitrogens with one attached hydrogen (secondary N) is 1.